The molecule has 0 unspecified atom stereocenters. The van der Waals surface area contributed by atoms with Crippen molar-refractivity contribution in [2.75, 3.05) is 27.2 Å². The van der Waals surface area contributed by atoms with E-state index in [1.54, 1.807) is 4.90 Å². The highest BCUT2D eigenvalue weighted by Gasteiger charge is 2.19. The third-order valence-corrected chi connectivity index (χ3v) is 4.20. The average molecular weight is 285 g/mol. The SMILES string of the molecule is CN(CCC(N)=S)C(=O)CCN(C)C1CCCCC1. The molecule has 1 rings (SSSR count). The highest BCUT2D eigenvalue weighted by molar-refractivity contribution is 7.80. The Labute approximate surface area is 122 Å². The molecule has 4 nitrogen and oxygen atoms in total. The number of amides is 1. The van der Waals surface area contributed by atoms with Crippen LogP contribution in [0.1, 0.15) is 44.9 Å². The quantitative estimate of drug-likeness (QED) is 0.724. The van der Waals surface area contributed by atoms with Crippen LogP contribution in [0.4, 0.5) is 0 Å². The largest absolute Gasteiger partial charge is 0.393 e. The molecule has 1 aliphatic rings. The van der Waals surface area contributed by atoms with Crippen LogP contribution in [0.15, 0.2) is 0 Å². The van der Waals surface area contributed by atoms with Gasteiger partial charge in [-0.15, -0.1) is 0 Å². The molecule has 1 aliphatic carbocycles. The van der Waals surface area contributed by atoms with Gasteiger partial charge < -0.3 is 15.5 Å². The number of carbonyl (C=O) groups is 1. The van der Waals surface area contributed by atoms with E-state index in [1.165, 1.54) is 32.1 Å². The van der Waals surface area contributed by atoms with Gasteiger partial charge in [0.15, 0.2) is 0 Å². The van der Waals surface area contributed by atoms with Crippen LogP contribution >= 0.6 is 12.2 Å². The molecule has 1 amide bonds. The Morgan fingerprint density at radius 3 is 2.37 bits per heavy atom. The van der Waals surface area contributed by atoms with Gasteiger partial charge in [0.25, 0.3) is 0 Å². The minimum atomic E-state index is 0.180. The average Bonchev–Trinajstić information content (AvgIpc) is 2.42. The monoisotopic (exact) mass is 285 g/mol. The molecule has 0 bridgehead atoms. The summed E-state index contributed by atoms with van der Waals surface area (Å²) in [6, 6.07) is 0.670. The summed E-state index contributed by atoms with van der Waals surface area (Å²) >= 11 is 4.82. The van der Waals surface area contributed by atoms with Gasteiger partial charge in [0.1, 0.15) is 0 Å². The molecule has 5 heteroatoms. The van der Waals surface area contributed by atoms with Gasteiger partial charge in [-0.05, 0) is 19.9 Å². The molecule has 0 aliphatic heterocycles. The molecule has 1 saturated carbocycles. The number of hydrogen-bond acceptors (Lipinski definition) is 3. The minimum absolute atomic E-state index is 0.180. The predicted octanol–water partition coefficient (Wildman–Crippen LogP) is 1.78. The maximum Gasteiger partial charge on any atom is 0.223 e. The first-order valence-corrected chi connectivity index (χ1v) is 7.64. The van der Waals surface area contributed by atoms with E-state index in [9.17, 15) is 4.79 Å². The molecule has 0 saturated heterocycles. The zero-order valence-corrected chi connectivity index (χ0v) is 13.0. The lowest BCUT2D eigenvalue weighted by Gasteiger charge is -2.31. The first-order chi connectivity index (χ1) is 9.00. The van der Waals surface area contributed by atoms with Gasteiger partial charge in [-0.3, -0.25) is 4.79 Å². The van der Waals surface area contributed by atoms with E-state index in [2.05, 4.69) is 11.9 Å². The fourth-order valence-electron chi connectivity index (χ4n) is 2.57. The summed E-state index contributed by atoms with van der Waals surface area (Å²) in [6.07, 6.45) is 7.78. The highest BCUT2D eigenvalue weighted by Crippen LogP contribution is 2.21. The van der Waals surface area contributed by atoms with Crippen molar-refractivity contribution in [2.24, 2.45) is 5.73 Å². The normalized spacial score (nSPS) is 16.6. The predicted molar refractivity (Wildman–Crippen MR) is 83.2 cm³/mol. The van der Waals surface area contributed by atoms with Gasteiger partial charge in [0.05, 0.1) is 4.99 Å². The molecule has 0 heterocycles. The number of rotatable bonds is 7. The summed E-state index contributed by atoms with van der Waals surface area (Å²) in [5.41, 5.74) is 5.45. The molecule has 110 valence electrons. The Bertz CT molecular complexity index is 303. The molecule has 0 aromatic carbocycles. The smallest absolute Gasteiger partial charge is 0.223 e. The zero-order valence-electron chi connectivity index (χ0n) is 12.2. The Hall–Kier alpha value is -0.680. The van der Waals surface area contributed by atoms with Crippen LogP contribution < -0.4 is 5.73 Å². The maximum absolute atomic E-state index is 12.0. The standard InChI is InChI=1S/C14H27N3OS/c1-16(12-6-4-3-5-7-12)11-9-14(18)17(2)10-8-13(15)19/h12H,3-11H2,1-2H3,(H2,15,19). The van der Waals surface area contributed by atoms with Crippen molar-refractivity contribution in [2.45, 2.75) is 51.0 Å². The van der Waals surface area contributed by atoms with Crippen LogP contribution in [0, 0.1) is 0 Å². The Morgan fingerprint density at radius 1 is 1.16 bits per heavy atom. The molecule has 1 fully saturated rings. The van der Waals surface area contributed by atoms with Gasteiger partial charge in [-0.1, -0.05) is 31.5 Å². The summed E-state index contributed by atoms with van der Waals surface area (Å²) in [5.74, 6) is 0.180. The van der Waals surface area contributed by atoms with Gasteiger partial charge in [-0.25, -0.2) is 0 Å². The maximum atomic E-state index is 12.0. The van der Waals surface area contributed by atoms with Crippen LogP contribution in [0.5, 0.6) is 0 Å². The lowest BCUT2D eigenvalue weighted by Crippen LogP contribution is -2.37. The third-order valence-electron chi connectivity index (χ3n) is 4.00. The Morgan fingerprint density at radius 2 is 1.79 bits per heavy atom. The molecule has 2 N–H and O–H groups in total. The number of thiocarbonyl (C=S) groups is 1. The van der Waals surface area contributed by atoms with Crippen LogP contribution in [0.2, 0.25) is 0 Å². The fraction of sp³-hybridized carbons (Fsp3) is 0.857. The number of carbonyl (C=O) groups excluding carboxylic acids is 1. The van der Waals surface area contributed by atoms with Gasteiger partial charge in [0.2, 0.25) is 5.91 Å². The first-order valence-electron chi connectivity index (χ1n) is 7.23. The number of hydrogen-bond donors (Lipinski definition) is 1. The summed E-state index contributed by atoms with van der Waals surface area (Å²) in [7, 11) is 3.96. The van der Waals surface area contributed by atoms with Gasteiger partial charge >= 0.3 is 0 Å². The second kappa shape index (κ2) is 8.48. The van der Waals surface area contributed by atoms with Crippen molar-refractivity contribution in [3.8, 4) is 0 Å². The zero-order chi connectivity index (χ0) is 14.3. The molecular weight excluding hydrogens is 258 g/mol. The summed E-state index contributed by atoms with van der Waals surface area (Å²) < 4.78 is 0. The van der Waals surface area contributed by atoms with E-state index in [4.69, 9.17) is 18.0 Å². The third kappa shape index (κ3) is 6.34. The van der Waals surface area contributed by atoms with Crippen LogP contribution in [0.25, 0.3) is 0 Å². The van der Waals surface area contributed by atoms with Crippen molar-refractivity contribution in [1.82, 2.24) is 9.80 Å². The second-order valence-electron chi connectivity index (χ2n) is 5.55. The Kier molecular flexibility index (Phi) is 7.31. The minimum Gasteiger partial charge on any atom is -0.393 e. The molecule has 0 aromatic heterocycles. The van der Waals surface area contributed by atoms with Gasteiger partial charge in [-0.2, -0.15) is 0 Å². The van der Waals surface area contributed by atoms with Crippen molar-refractivity contribution in [3.63, 3.8) is 0 Å². The van der Waals surface area contributed by atoms with E-state index < -0.39 is 0 Å². The Balaban J connectivity index is 2.22. The number of nitrogens with two attached hydrogens (primary N) is 1. The fourth-order valence-corrected chi connectivity index (χ4v) is 2.66. The van der Waals surface area contributed by atoms with E-state index in [0.717, 1.165) is 6.54 Å². The molecule has 0 radical (unpaired) electrons. The summed E-state index contributed by atoms with van der Waals surface area (Å²) in [5, 5.41) is 0. The lowest BCUT2D eigenvalue weighted by atomic mass is 9.94. The highest BCUT2D eigenvalue weighted by atomic mass is 32.1. The van der Waals surface area contributed by atoms with Crippen LogP contribution in [-0.2, 0) is 4.79 Å². The molecule has 19 heavy (non-hydrogen) atoms. The van der Waals surface area contributed by atoms with Crippen molar-refractivity contribution < 1.29 is 4.79 Å². The van der Waals surface area contributed by atoms with Crippen molar-refractivity contribution >= 4 is 23.1 Å². The van der Waals surface area contributed by atoms with E-state index in [-0.39, 0.29) is 5.91 Å². The van der Waals surface area contributed by atoms with Crippen molar-refractivity contribution in [1.29, 1.82) is 0 Å². The lowest BCUT2D eigenvalue weighted by molar-refractivity contribution is -0.130. The summed E-state index contributed by atoms with van der Waals surface area (Å²) in [6.45, 7) is 1.47. The topological polar surface area (TPSA) is 49.6 Å². The number of nitrogens with zero attached hydrogens (tertiary/aromatic N) is 2. The van der Waals surface area contributed by atoms with Crippen LogP contribution in [-0.4, -0.2) is 53.9 Å². The van der Waals surface area contributed by atoms with E-state index in [0.29, 0.717) is 30.4 Å². The molecule has 0 atom stereocenters. The molecular formula is C14H27N3OS. The van der Waals surface area contributed by atoms with Gasteiger partial charge in [0, 0.05) is 39.0 Å². The van der Waals surface area contributed by atoms with Crippen molar-refractivity contribution in [3.05, 3.63) is 0 Å². The molecule has 0 aromatic rings. The van der Waals surface area contributed by atoms with E-state index in [1.807, 2.05) is 7.05 Å². The summed E-state index contributed by atoms with van der Waals surface area (Å²) in [4.78, 5) is 16.5. The molecule has 0 spiro atoms. The van der Waals surface area contributed by atoms with E-state index >= 15 is 0 Å². The van der Waals surface area contributed by atoms with Crippen LogP contribution in [0.3, 0.4) is 0 Å². The second-order valence-corrected chi connectivity index (χ2v) is 6.08. The first kappa shape index (κ1) is 16.4.